The zero-order valence-electron chi connectivity index (χ0n) is 15.6. The molecule has 0 fully saturated rings. The summed E-state index contributed by atoms with van der Waals surface area (Å²) in [5, 5.41) is 0. The smallest absolute Gasteiger partial charge is 0.327 e. The molecule has 0 bridgehead atoms. The van der Waals surface area contributed by atoms with E-state index in [1.54, 1.807) is 7.11 Å². The number of methoxy groups -OCH3 is 1. The van der Waals surface area contributed by atoms with Gasteiger partial charge in [0.1, 0.15) is 0 Å². The van der Waals surface area contributed by atoms with Crippen LogP contribution in [-0.4, -0.2) is 100 Å². The van der Waals surface area contributed by atoms with Crippen molar-refractivity contribution in [2.24, 2.45) is 0 Å². The maximum atomic E-state index is 11.4. The molecule has 0 spiro atoms. The number of hydrogen-bond acceptors (Lipinski definition) is 9. The minimum Gasteiger partial charge on any atom is -0.382 e. The Morgan fingerprint density at radius 2 is 0.880 bits per heavy atom. The van der Waals surface area contributed by atoms with E-state index in [1.807, 2.05) is 0 Å². The molecule has 0 heterocycles. The molecule has 0 aromatic carbocycles. The second-order valence-corrected chi connectivity index (χ2v) is 7.01. The fourth-order valence-electron chi connectivity index (χ4n) is 1.44. The Bertz CT molecular complexity index is 317. The van der Waals surface area contributed by atoms with E-state index < -0.39 is 7.60 Å². The topological polar surface area (TPSA) is 90.9 Å². The van der Waals surface area contributed by atoms with Crippen LogP contribution in [0.4, 0.5) is 0 Å². The van der Waals surface area contributed by atoms with Gasteiger partial charge in [0.05, 0.1) is 79.3 Å². The number of hydrogen-bond donors (Lipinski definition) is 0. The maximum absolute atomic E-state index is 11.4. The van der Waals surface area contributed by atoms with E-state index in [4.69, 9.17) is 37.5 Å². The van der Waals surface area contributed by atoms with E-state index in [0.717, 1.165) is 0 Å². The normalized spacial score (nSPS) is 13.9. The second-order valence-electron chi connectivity index (χ2n) is 4.84. The molecule has 0 aliphatic carbocycles. The van der Waals surface area contributed by atoms with Gasteiger partial charge in [-0.05, 0) is 0 Å². The van der Waals surface area contributed by atoms with Gasteiger partial charge in [-0.1, -0.05) is 0 Å². The van der Waals surface area contributed by atoms with Crippen molar-refractivity contribution in [3.8, 4) is 0 Å². The van der Waals surface area contributed by atoms with Gasteiger partial charge < -0.3 is 37.5 Å². The van der Waals surface area contributed by atoms with E-state index in [0.29, 0.717) is 72.7 Å². The molecule has 0 saturated carbocycles. The van der Waals surface area contributed by atoms with Crippen LogP contribution in [0.1, 0.15) is 0 Å². The van der Waals surface area contributed by atoms with Crippen molar-refractivity contribution in [1.29, 1.82) is 0 Å². The molecular formula is C15H33O9P. The lowest BCUT2D eigenvalue weighted by atomic mass is 10.7. The van der Waals surface area contributed by atoms with Crippen molar-refractivity contribution in [1.82, 2.24) is 0 Å². The Hall–Kier alpha value is -0.0900. The molecule has 0 aromatic heterocycles. The third kappa shape index (κ3) is 20.1. The quantitative estimate of drug-likeness (QED) is 0.225. The van der Waals surface area contributed by atoms with Crippen LogP contribution in [0, 0.1) is 0 Å². The molecule has 9 nitrogen and oxygen atoms in total. The average Bonchev–Trinajstić information content (AvgIpc) is 2.60. The van der Waals surface area contributed by atoms with E-state index in [2.05, 4.69) is 0 Å². The highest BCUT2D eigenvalue weighted by atomic mass is 31.2. The van der Waals surface area contributed by atoms with Crippen LogP contribution in [0.3, 0.4) is 0 Å². The van der Waals surface area contributed by atoms with Crippen LogP contribution in [-0.2, 0) is 42.0 Å². The highest BCUT2D eigenvalue weighted by Gasteiger charge is 2.13. The van der Waals surface area contributed by atoms with Gasteiger partial charge in [0.25, 0.3) is 0 Å². The van der Waals surface area contributed by atoms with E-state index in [9.17, 15) is 4.57 Å². The third-order valence-electron chi connectivity index (χ3n) is 2.80. The zero-order chi connectivity index (χ0) is 18.6. The molecule has 25 heavy (non-hydrogen) atoms. The maximum Gasteiger partial charge on any atom is 0.327 e. The number of rotatable bonds is 20. The third-order valence-corrected chi connectivity index (χ3v) is 4.12. The monoisotopic (exact) mass is 388 g/mol. The summed E-state index contributed by atoms with van der Waals surface area (Å²) in [6.45, 7) is 7.20. The van der Waals surface area contributed by atoms with Crippen molar-refractivity contribution in [3.05, 3.63) is 0 Å². The summed E-state index contributed by atoms with van der Waals surface area (Å²) in [5.41, 5.74) is 0. The predicted molar refractivity (Wildman–Crippen MR) is 92.5 cm³/mol. The highest BCUT2D eigenvalue weighted by Crippen LogP contribution is 2.42. The lowest BCUT2D eigenvalue weighted by Gasteiger charge is -2.11. The Morgan fingerprint density at radius 3 is 1.20 bits per heavy atom. The van der Waals surface area contributed by atoms with Gasteiger partial charge >= 0.3 is 7.60 Å². The lowest BCUT2D eigenvalue weighted by Crippen LogP contribution is -2.14. The van der Waals surface area contributed by atoms with E-state index in [-0.39, 0.29) is 6.61 Å². The first kappa shape index (κ1) is 24.9. The Labute approximate surface area is 150 Å². The van der Waals surface area contributed by atoms with Gasteiger partial charge in [-0.25, -0.2) is 0 Å². The van der Waals surface area contributed by atoms with Crippen molar-refractivity contribution in [2.45, 2.75) is 0 Å². The largest absolute Gasteiger partial charge is 0.382 e. The average molecular weight is 388 g/mol. The Kier molecular flexibility index (Phi) is 18.6. The predicted octanol–water partition coefficient (Wildman–Crippen LogP) is 1.20. The molecule has 0 radical (unpaired) electrons. The molecule has 0 aliphatic heterocycles. The van der Waals surface area contributed by atoms with Crippen molar-refractivity contribution in [2.75, 3.05) is 100 Å². The summed E-state index contributed by atoms with van der Waals surface area (Å²) in [7, 11) is 0.0726. The summed E-state index contributed by atoms with van der Waals surface area (Å²) in [5.74, 6) is 0. The molecule has 1 unspecified atom stereocenters. The molecule has 1 atom stereocenters. The summed E-state index contributed by atoms with van der Waals surface area (Å²) in [4.78, 5) is 0. The summed E-state index contributed by atoms with van der Waals surface area (Å²) in [6, 6.07) is 0. The van der Waals surface area contributed by atoms with Crippen LogP contribution >= 0.6 is 7.60 Å². The van der Waals surface area contributed by atoms with Gasteiger partial charge in [-0.3, -0.25) is 4.57 Å². The highest BCUT2D eigenvalue weighted by molar-refractivity contribution is 7.52. The first-order valence-electron chi connectivity index (χ1n) is 8.28. The summed E-state index contributed by atoms with van der Waals surface area (Å²) >= 11 is 0. The van der Waals surface area contributed by atoms with Gasteiger partial charge in [0.15, 0.2) is 0 Å². The van der Waals surface area contributed by atoms with Gasteiger partial charge in [-0.2, -0.15) is 0 Å². The summed E-state index contributed by atoms with van der Waals surface area (Å²) < 4.78 is 52.5. The van der Waals surface area contributed by atoms with Crippen LogP contribution in [0.15, 0.2) is 0 Å². The van der Waals surface area contributed by atoms with Crippen LogP contribution in [0.25, 0.3) is 0 Å². The first-order chi connectivity index (χ1) is 12.1. The van der Waals surface area contributed by atoms with Crippen molar-refractivity contribution < 1.29 is 42.0 Å². The minimum absolute atomic E-state index is 0.224. The van der Waals surface area contributed by atoms with Gasteiger partial charge in [-0.15, -0.1) is 0 Å². The first-order valence-corrected chi connectivity index (χ1v) is 10.3. The molecule has 10 heteroatoms. The fourth-order valence-corrected chi connectivity index (χ4v) is 1.95. The zero-order valence-corrected chi connectivity index (χ0v) is 16.5. The van der Waals surface area contributed by atoms with E-state index in [1.165, 1.54) is 13.8 Å². The standard InChI is InChI=1S/C15H33O9P/c1-17-4-5-19-6-7-20-8-9-21-10-11-22-12-13-23-14-15-24-25(3,16)18-2/h4-15H2,1-3H3. The van der Waals surface area contributed by atoms with Crippen LogP contribution in [0.5, 0.6) is 0 Å². The molecule has 152 valence electrons. The van der Waals surface area contributed by atoms with Crippen molar-refractivity contribution in [3.63, 3.8) is 0 Å². The Balaban J connectivity index is 3.06. The van der Waals surface area contributed by atoms with Gasteiger partial charge in [0.2, 0.25) is 0 Å². The van der Waals surface area contributed by atoms with Gasteiger partial charge in [0, 0.05) is 20.9 Å². The molecule has 0 rings (SSSR count). The summed E-state index contributed by atoms with van der Waals surface area (Å²) in [6.07, 6.45) is 0. The van der Waals surface area contributed by atoms with Crippen LogP contribution < -0.4 is 0 Å². The second kappa shape index (κ2) is 18.7. The molecule has 0 amide bonds. The molecule has 0 saturated heterocycles. The lowest BCUT2D eigenvalue weighted by molar-refractivity contribution is -0.0160. The van der Waals surface area contributed by atoms with E-state index >= 15 is 0 Å². The van der Waals surface area contributed by atoms with Crippen LogP contribution in [0.2, 0.25) is 0 Å². The minimum atomic E-state index is -2.91. The SMILES string of the molecule is COCCOCCOCCOCCOCCOCCOP(C)(=O)OC. The molecule has 0 N–H and O–H groups in total. The Morgan fingerprint density at radius 1 is 0.560 bits per heavy atom. The fraction of sp³-hybridized carbons (Fsp3) is 1.00. The number of ether oxygens (including phenoxy) is 6. The van der Waals surface area contributed by atoms with Crippen molar-refractivity contribution >= 4 is 7.60 Å². The molecule has 0 aliphatic rings. The molecular weight excluding hydrogens is 355 g/mol. The molecule has 0 aromatic rings.